The zero-order chi connectivity index (χ0) is 17.5. The van der Waals surface area contributed by atoms with Gasteiger partial charge in [0.2, 0.25) is 5.91 Å². The van der Waals surface area contributed by atoms with Crippen molar-refractivity contribution in [3.63, 3.8) is 0 Å². The monoisotopic (exact) mass is 340 g/mol. The minimum Gasteiger partial charge on any atom is -0.379 e. The van der Waals surface area contributed by atoms with E-state index in [0.29, 0.717) is 6.54 Å². The van der Waals surface area contributed by atoms with E-state index >= 15 is 0 Å². The first-order valence-corrected chi connectivity index (χ1v) is 8.51. The highest BCUT2D eigenvalue weighted by atomic mass is 16.5. The van der Waals surface area contributed by atoms with Crippen molar-refractivity contribution in [2.45, 2.75) is 13.1 Å². The fourth-order valence-electron chi connectivity index (χ4n) is 2.73. The molecule has 6 nitrogen and oxygen atoms in total. The lowest BCUT2D eigenvalue weighted by molar-refractivity contribution is -0.116. The molecule has 1 saturated heterocycles. The Kier molecular flexibility index (Phi) is 5.98. The van der Waals surface area contributed by atoms with Crippen LogP contribution in [-0.2, 0) is 29.7 Å². The molecular weight excluding hydrogens is 316 g/mol. The molecule has 0 atom stereocenters. The largest absolute Gasteiger partial charge is 0.379 e. The molecule has 0 bridgehead atoms. The second kappa shape index (κ2) is 8.60. The van der Waals surface area contributed by atoms with Gasteiger partial charge in [0.25, 0.3) is 0 Å². The van der Waals surface area contributed by atoms with Crippen LogP contribution in [0, 0.1) is 0 Å². The normalized spacial score (nSPS) is 15.6. The van der Waals surface area contributed by atoms with Crippen LogP contribution in [0.3, 0.4) is 0 Å². The Hall–Kier alpha value is -2.44. The van der Waals surface area contributed by atoms with E-state index in [1.165, 1.54) is 11.6 Å². The van der Waals surface area contributed by atoms with Crippen LogP contribution in [0.25, 0.3) is 6.08 Å². The van der Waals surface area contributed by atoms with Gasteiger partial charge in [-0.25, -0.2) is 0 Å². The van der Waals surface area contributed by atoms with Crippen molar-refractivity contribution in [3.05, 3.63) is 59.4 Å². The molecule has 0 radical (unpaired) electrons. The van der Waals surface area contributed by atoms with Crippen LogP contribution < -0.4 is 5.32 Å². The standard InChI is InChI=1S/C19H24N4O2/c1-22-14-18(13-21-22)6-7-19(24)20-12-16-2-4-17(5-3-16)15-23-8-10-25-11-9-23/h2-7,13-14H,8-12,15H2,1H3,(H,20,24)/b7-6+. The van der Waals surface area contributed by atoms with E-state index in [4.69, 9.17) is 4.74 Å². The number of morpholine rings is 1. The van der Waals surface area contributed by atoms with Crippen molar-refractivity contribution in [1.29, 1.82) is 0 Å². The molecule has 1 aliphatic rings. The maximum atomic E-state index is 11.9. The molecule has 1 amide bonds. The molecule has 0 saturated carbocycles. The van der Waals surface area contributed by atoms with Gasteiger partial charge in [0.15, 0.2) is 0 Å². The Labute approximate surface area is 148 Å². The summed E-state index contributed by atoms with van der Waals surface area (Å²) in [5.41, 5.74) is 3.28. The number of nitrogens with zero attached hydrogens (tertiary/aromatic N) is 3. The summed E-state index contributed by atoms with van der Waals surface area (Å²) in [4.78, 5) is 14.3. The topological polar surface area (TPSA) is 59.4 Å². The van der Waals surface area contributed by atoms with E-state index in [1.54, 1.807) is 17.0 Å². The zero-order valence-electron chi connectivity index (χ0n) is 14.5. The highest BCUT2D eigenvalue weighted by molar-refractivity contribution is 5.91. The van der Waals surface area contributed by atoms with Gasteiger partial charge in [0, 0.05) is 51.1 Å². The number of ether oxygens (including phenoxy) is 1. The second-order valence-electron chi connectivity index (χ2n) is 6.20. The lowest BCUT2D eigenvalue weighted by atomic mass is 10.1. The third-order valence-corrected chi connectivity index (χ3v) is 4.15. The van der Waals surface area contributed by atoms with Crippen molar-refractivity contribution in [3.8, 4) is 0 Å². The van der Waals surface area contributed by atoms with E-state index in [0.717, 1.165) is 44.0 Å². The van der Waals surface area contributed by atoms with Crippen molar-refractivity contribution >= 4 is 12.0 Å². The average molecular weight is 340 g/mol. The number of aryl methyl sites for hydroxylation is 1. The first kappa shape index (κ1) is 17.4. The van der Waals surface area contributed by atoms with E-state index < -0.39 is 0 Å². The predicted octanol–water partition coefficient (Wildman–Crippen LogP) is 1.58. The Bertz CT molecular complexity index is 715. The van der Waals surface area contributed by atoms with Crippen molar-refractivity contribution in [2.75, 3.05) is 26.3 Å². The van der Waals surface area contributed by atoms with Gasteiger partial charge in [-0.1, -0.05) is 24.3 Å². The van der Waals surface area contributed by atoms with Crippen LogP contribution in [0.5, 0.6) is 0 Å². The van der Waals surface area contributed by atoms with Crippen LogP contribution >= 0.6 is 0 Å². The fourth-order valence-corrected chi connectivity index (χ4v) is 2.73. The number of nitrogens with one attached hydrogen (secondary N) is 1. The highest BCUT2D eigenvalue weighted by Crippen LogP contribution is 2.09. The quantitative estimate of drug-likeness (QED) is 0.811. The third kappa shape index (κ3) is 5.55. The smallest absolute Gasteiger partial charge is 0.244 e. The lowest BCUT2D eigenvalue weighted by Crippen LogP contribution is -2.35. The molecule has 0 unspecified atom stereocenters. The molecule has 2 aromatic rings. The lowest BCUT2D eigenvalue weighted by Gasteiger charge is -2.26. The van der Waals surface area contributed by atoms with E-state index in [2.05, 4.69) is 39.6 Å². The summed E-state index contributed by atoms with van der Waals surface area (Å²) in [6.07, 6.45) is 6.87. The Balaban J connectivity index is 1.44. The van der Waals surface area contributed by atoms with Gasteiger partial charge in [-0.15, -0.1) is 0 Å². The van der Waals surface area contributed by atoms with Crippen LogP contribution in [0.15, 0.2) is 42.7 Å². The van der Waals surface area contributed by atoms with Crippen molar-refractivity contribution in [1.82, 2.24) is 20.0 Å². The molecule has 0 spiro atoms. The molecule has 3 rings (SSSR count). The van der Waals surface area contributed by atoms with Gasteiger partial charge < -0.3 is 10.1 Å². The third-order valence-electron chi connectivity index (χ3n) is 4.15. The Morgan fingerprint density at radius 2 is 1.96 bits per heavy atom. The summed E-state index contributed by atoms with van der Waals surface area (Å²) in [5, 5.41) is 6.96. The number of benzene rings is 1. The van der Waals surface area contributed by atoms with Crippen LogP contribution in [0.1, 0.15) is 16.7 Å². The molecule has 1 aromatic heterocycles. The molecule has 6 heteroatoms. The molecule has 0 aliphatic carbocycles. The van der Waals surface area contributed by atoms with Crippen LogP contribution in [0.4, 0.5) is 0 Å². The highest BCUT2D eigenvalue weighted by Gasteiger charge is 2.10. The van der Waals surface area contributed by atoms with Gasteiger partial charge in [0.05, 0.1) is 19.4 Å². The molecule has 1 aromatic carbocycles. The van der Waals surface area contributed by atoms with E-state index in [9.17, 15) is 4.79 Å². The summed E-state index contributed by atoms with van der Waals surface area (Å²) in [6, 6.07) is 8.40. The number of carbonyl (C=O) groups excluding carboxylic acids is 1. The molecule has 1 N–H and O–H groups in total. The minimum atomic E-state index is -0.110. The molecular formula is C19H24N4O2. The number of rotatable bonds is 6. The first-order valence-electron chi connectivity index (χ1n) is 8.51. The van der Waals surface area contributed by atoms with Crippen LogP contribution in [-0.4, -0.2) is 46.9 Å². The minimum absolute atomic E-state index is 0.110. The Morgan fingerprint density at radius 1 is 1.24 bits per heavy atom. The summed E-state index contributed by atoms with van der Waals surface area (Å²) in [6.45, 7) is 5.08. The first-order chi connectivity index (χ1) is 12.2. The maximum Gasteiger partial charge on any atom is 0.244 e. The van der Waals surface area contributed by atoms with Crippen molar-refractivity contribution < 1.29 is 9.53 Å². The Morgan fingerprint density at radius 3 is 2.64 bits per heavy atom. The van der Waals surface area contributed by atoms with Gasteiger partial charge in [-0.3, -0.25) is 14.4 Å². The zero-order valence-corrected chi connectivity index (χ0v) is 14.5. The molecule has 132 valence electrons. The maximum absolute atomic E-state index is 11.9. The summed E-state index contributed by atoms with van der Waals surface area (Å²) in [5.74, 6) is -0.110. The number of amides is 1. The SMILES string of the molecule is Cn1cc(/C=C/C(=O)NCc2ccc(CN3CCOCC3)cc2)cn1. The van der Waals surface area contributed by atoms with Crippen LogP contribution in [0.2, 0.25) is 0 Å². The predicted molar refractivity (Wildman–Crippen MR) is 96.6 cm³/mol. The number of hydrogen-bond acceptors (Lipinski definition) is 4. The van der Waals surface area contributed by atoms with E-state index in [1.807, 2.05) is 13.2 Å². The molecule has 1 aliphatic heterocycles. The number of aromatic nitrogens is 2. The number of hydrogen-bond donors (Lipinski definition) is 1. The van der Waals surface area contributed by atoms with Gasteiger partial charge in [-0.2, -0.15) is 5.10 Å². The summed E-state index contributed by atoms with van der Waals surface area (Å²) >= 11 is 0. The van der Waals surface area contributed by atoms with Gasteiger partial charge in [-0.05, 0) is 17.2 Å². The summed E-state index contributed by atoms with van der Waals surface area (Å²) < 4.78 is 7.07. The van der Waals surface area contributed by atoms with Gasteiger partial charge >= 0.3 is 0 Å². The molecule has 25 heavy (non-hydrogen) atoms. The molecule has 1 fully saturated rings. The average Bonchev–Trinajstić information content (AvgIpc) is 3.06. The van der Waals surface area contributed by atoms with E-state index in [-0.39, 0.29) is 5.91 Å². The second-order valence-corrected chi connectivity index (χ2v) is 6.20. The van der Waals surface area contributed by atoms with Crippen molar-refractivity contribution in [2.24, 2.45) is 7.05 Å². The fraction of sp³-hybridized carbons (Fsp3) is 0.368. The van der Waals surface area contributed by atoms with Gasteiger partial charge in [0.1, 0.15) is 0 Å². The summed E-state index contributed by atoms with van der Waals surface area (Å²) in [7, 11) is 1.85. The number of carbonyl (C=O) groups is 1. The molecule has 2 heterocycles.